The second-order valence-corrected chi connectivity index (χ2v) is 4.34. The average Bonchev–Trinajstić information content (AvgIpc) is 2.38. The molecular weight excluding hydrogens is 214 g/mol. The largest absolute Gasteiger partial charge is 0.363 e. The summed E-state index contributed by atoms with van der Waals surface area (Å²) in [6.07, 6.45) is 2.58. The molecule has 0 aromatic heterocycles. The highest BCUT2D eigenvalue weighted by Gasteiger charge is 2.26. The second-order valence-electron chi connectivity index (χ2n) is 4.34. The van der Waals surface area contributed by atoms with E-state index in [0.29, 0.717) is 6.61 Å². The second kappa shape index (κ2) is 5.82. The molecule has 1 amide bonds. The lowest BCUT2D eigenvalue weighted by Crippen LogP contribution is -2.34. The zero-order valence-electron chi connectivity index (χ0n) is 10.2. The summed E-state index contributed by atoms with van der Waals surface area (Å²) in [5, 5.41) is 2.93. The van der Waals surface area contributed by atoms with Gasteiger partial charge in [-0.2, -0.15) is 0 Å². The molecule has 1 N–H and O–H groups in total. The Morgan fingerprint density at radius 2 is 2.29 bits per heavy atom. The van der Waals surface area contributed by atoms with Gasteiger partial charge in [0, 0.05) is 6.54 Å². The molecule has 1 aliphatic rings. The summed E-state index contributed by atoms with van der Waals surface area (Å²) in [6.45, 7) is 3.47. The number of unbranched alkanes of at least 4 members (excludes halogenated alkanes) is 1. The van der Waals surface area contributed by atoms with Crippen LogP contribution in [-0.2, 0) is 16.0 Å². The summed E-state index contributed by atoms with van der Waals surface area (Å²) in [7, 11) is 0. The van der Waals surface area contributed by atoms with Crippen LogP contribution in [0.1, 0.15) is 37.0 Å². The van der Waals surface area contributed by atoms with Gasteiger partial charge in [-0.05, 0) is 24.0 Å². The third-order valence-electron chi connectivity index (χ3n) is 3.06. The van der Waals surface area contributed by atoms with Crippen LogP contribution >= 0.6 is 0 Å². The zero-order chi connectivity index (χ0) is 12.1. The maximum Gasteiger partial charge on any atom is 0.253 e. The van der Waals surface area contributed by atoms with E-state index in [1.165, 1.54) is 5.56 Å². The predicted octanol–water partition coefficient (Wildman–Crippen LogP) is 2.22. The lowest BCUT2D eigenvalue weighted by molar-refractivity contribution is -0.134. The molecule has 92 valence electrons. The molecule has 1 atom stereocenters. The first-order chi connectivity index (χ1) is 8.33. The Labute approximate surface area is 102 Å². The molecule has 1 aliphatic heterocycles. The van der Waals surface area contributed by atoms with Crippen LogP contribution in [0, 0.1) is 0 Å². The normalized spacial score (nSPS) is 18.5. The van der Waals surface area contributed by atoms with Gasteiger partial charge in [-0.15, -0.1) is 0 Å². The van der Waals surface area contributed by atoms with Crippen molar-refractivity contribution in [1.29, 1.82) is 0 Å². The number of ether oxygens (including phenoxy) is 1. The molecule has 1 heterocycles. The van der Waals surface area contributed by atoms with Gasteiger partial charge in [0.2, 0.25) is 0 Å². The van der Waals surface area contributed by atoms with Gasteiger partial charge in [0.1, 0.15) is 0 Å². The third-order valence-corrected chi connectivity index (χ3v) is 3.06. The number of amides is 1. The van der Waals surface area contributed by atoms with Crippen LogP contribution < -0.4 is 5.32 Å². The van der Waals surface area contributed by atoms with Gasteiger partial charge in [0.05, 0.1) is 6.61 Å². The third kappa shape index (κ3) is 2.86. The molecule has 0 aliphatic carbocycles. The Balaban J connectivity index is 2.05. The smallest absolute Gasteiger partial charge is 0.253 e. The topological polar surface area (TPSA) is 38.3 Å². The van der Waals surface area contributed by atoms with Crippen molar-refractivity contribution in [3.63, 3.8) is 0 Å². The predicted molar refractivity (Wildman–Crippen MR) is 66.8 cm³/mol. The van der Waals surface area contributed by atoms with Crippen molar-refractivity contribution in [3.8, 4) is 0 Å². The van der Waals surface area contributed by atoms with Gasteiger partial charge in [0.15, 0.2) is 6.10 Å². The fourth-order valence-corrected chi connectivity index (χ4v) is 2.09. The van der Waals surface area contributed by atoms with E-state index < -0.39 is 6.10 Å². The molecular formula is C14H19NO2. The van der Waals surface area contributed by atoms with Crippen molar-refractivity contribution in [2.75, 3.05) is 13.2 Å². The molecule has 0 spiro atoms. The van der Waals surface area contributed by atoms with Crippen LogP contribution in [0.2, 0.25) is 0 Å². The van der Waals surface area contributed by atoms with Crippen LogP contribution in [0.25, 0.3) is 0 Å². The van der Waals surface area contributed by atoms with Gasteiger partial charge in [-0.3, -0.25) is 4.79 Å². The average molecular weight is 233 g/mol. The van der Waals surface area contributed by atoms with E-state index in [0.717, 1.165) is 31.4 Å². The maximum atomic E-state index is 12.0. The molecule has 1 aromatic carbocycles. The van der Waals surface area contributed by atoms with E-state index >= 15 is 0 Å². The molecule has 0 radical (unpaired) electrons. The van der Waals surface area contributed by atoms with Crippen LogP contribution in [0.15, 0.2) is 24.3 Å². The number of rotatable bonds is 4. The quantitative estimate of drug-likeness (QED) is 0.810. The number of benzene rings is 1. The number of carbonyl (C=O) groups excluding carboxylic acids is 1. The van der Waals surface area contributed by atoms with Crippen molar-refractivity contribution in [3.05, 3.63) is 35.4 Å². The Morgan fingerprint density at radius 3 is 3.12 bits per heavy atom. The van der Waals surface area contributed by atoms with Gasteiger partial charge < -0.3 is 10.1 Å². The molecule has 2 rings (SSSR count). The minimum absolute atomic E-state index is 0.00870. The van der Waals surface area contributed by atoms with Gasteiger partial charge >= 0.3 is 0 Å². The number of hydrogen-bond donors (Lipinski definition) is 1. The minimum atomic E-state index is -0.420. The zero-order valence-corrected chi connectivity index (χ0v) is 10.2. The Bertz CT molecular complexity index is 390. The van der Waals surface area contributed by atoms with Crippen molar-refractivity contribution in [1.82, 2.24) is 5.32 Å². The Hall–Kier alpha value is -1.35. The van der Waals surface area contributed by atoms with Crippen LogP contribution in [0.5, 0.6) is 0 Å². The fraction of sp³-hybridized carbons (Fsp3) is 0.500. The number of fused-ring (bicyclic) bond motifs is 1. The standard InChI is InChI=1S/C14H19NO2/c1-2-3-9-15-14(16)13-12-7-5-4-6-11(12)8-10-17-13/h4-7,13H,2-3,8-10H2,1H3,(H,15,16)/t13-/m0/s1. The van der Waals surface area contributed by atoms with E-state index in [1.54, 1.807) is 0 Å². The van der Waals surface area contributed by atoms with E-state index in [1.807, 2.05) is 18.2 Å². The molecule has 1 aromatic rings. The highest BCUT2D eigenvalue weighted by molar-refractivity contribution is 5.82. The first kappa shape index (κ1) is 12.1. The number of nitrogens with one attached hydrogen (secondary N) is 1. The molecule has 0 fully saturated rings. The van der Waals surface area contributed by atoms with Crippen molar-refractivity contribution < 1.29 is 9.53 Å². The van der Waals surface area contributed by atoms with E-state index in [-0.39, 0.29) is 5.91 Å². The van der Waals surface area contributed by atoms with Crippen LogP contribution in [0.3, 0.4) is 0 Å². The van der Waals surface area contributed by atoms with E-state index in [2.05, 4.69) is 18.3 Å². The summed E-state index contributed by atoms with van der Waals surface area (Å²) in [4.78, 5) is 12.0. The Kier molecular flexibility index (Phi) is 4.15. The van der Waals surface area contributed by atoms with Crippen molar-refractivity contribution >= 4 is 5.91 Å². The summed E-state index contributed by atoms with van der Waals surface area (Å²) >= 11 is 0. The number of carbonyl (C=O) groups is 1. The molecule has 0 saturated heterocycles. The van der Waals surface area contributed by atoms with Crippen molar-refractivity contribution in [2.24, 2.45) is 0 Å². The van der Waals surface area contributed by atoms with E-state index in [9.17, 15) is 4.79 Å². The SMILES string of the molecule is CCCCNC(=O)[C@H]1OCCc2ccccc21. The monoisotopic (exact) mass is 233 g/mol. The lowest BCUT2D eigenvalue weighted by Gasteiger charge is -2.25. The molecule has 3 nitrogen and oxygen atoms in total. The molecule has 3 heteroatoms. The highest BCUT2D eigenvalue weighted by Crippen LogP contribution is 2.26. The van der Waals surface area contributed by atoms with Gasteiger partial charge in [-0.1, -0.05) is 37.6 Å². The van der Waals surface area contributed by atoms with Gasteiger partial charge in [0.25, 0.3) is 5.91 Å². The molecule has 17 heavy (non-hydrogen) atoms. The maximum absolute atomic E-state index is 12.0. The summed E-state index contributed by atoms with van der Waals surface area (Å²) < 4.78 is 5.58. The summed E-state index contributed by atoms with van der Waals surface area (Å²) in [6, 6.07) is 8.03. The summed E-state index contributed by atoms with van der Waals surface area (Å²) in [5.74, 6) is -0.00870. The fourth-order valence-electron chi connectivity index (χ4n) is 2.09. The Morgan fingerprint density at radius 1 is 1.47 bits per heavy atom. The molecule has 0 unspecified atom stereocenters. The van der Waals surface area contributed by atoms with Crippen LogP contribution in [0.4, 0.5) is 0 Å². The lowest BCUT2D eigenvalue weighted by atomic mass is 9.97. The number of hydrogen-bond acceptors (Lipinski definition) is 2. The highest BCUT2D eigenvalue weighted by atomic mass is 16.5. The van der Waals surface area contributed by atoms with Gasteiger partial charge in [-0.25, -0.2) is 0 Å². The minimum Gasteiger partial charge on any atom is -0.363 e. The first-order valence-corrected chi connectivity index (χ1v) is 6.30. The summed E-state index contributed by atoms with van der Waals surface area (Å²) in [5.41, 5.74) is 2.25. The molecule has 0 saturated carbocycles. The first-order valence-electron chi connectivity index (χ1n) is 6.30. The molecule has 0 bridgehead atoms. The van der Waals surface area contributed by atoms with E-state index in [4.69, 9.17) is 4.74 Å². The van der Waals surface area contributed by atoms with Crippen molar-refractivity contribution in [2.45, 2.75) is 32.3 Å². The van der Waals surface area contributed by atoms with Crippen LogP contribution in [-0.4, -0.2) is 19.1 Å².